The van der Waals surface area contributed by atoms with Crippen LogP contribution in [0.5, 0.6) is 0 Å². The Bertz CT molecular complexity index is 328. The third kappa shape index (κ3) is 7.87. The van der Waals surface area contributed by atoms with Gasteiger partial charge >= 0.3 is 0 Å². The normalized spacial score (nSPS) is 18.6. The van der Waals surface area contributed by atoms with E-state index in [1.807, 2.05) is 6.92 Å². The van der Waals surface area contributed by atoms with Crippen molar-refractivity contribution in [3.05, 3.63) is 0 Å². The topological polar surface area (TPSA) is 75.2 Å². The molecule has 122 valence electrons. The Balaban J connectivity index is 2.17. The van der Waals surface area contributed by atoms with E-state index in [4.69, 9.17) is 9.47 Å². The van der Waals surface area contributed by atoms with Gasteiger partial charge in [0.05, 0.1) is 12.7 Å². The zero-order chi connectivity index (χ0) is 15.5. The molecule has 21 heavy (non-hydrogen) atoms. The molecule has 1 heterocycles. The largest absolute Gasteiger partial charge is 0.379 e. The molecular weight excluding hydrogens is 272 g/mol. The van der Waals surface area contributed by atoms with Crippen molar-refractivity contribution in [3.63, 3.8) is 0 Å². The number of aliphatic imine (C=N–C) groups is 1. The molecule has 0 aromatic carbocycles. The van der Waals surface area contributed by atoms with Crippen LogP contribution in [0.4, 0.5) is 0 Å². The van der Waals surface area contributed by atoms with E-state index in [1.54, 1.807) is 14.1 Å². The quantitative estimate of drug-likeness (QED) is 0.370. The third-order valence-corrected chi connectivity index (χ3v) is 3.07. The van der Waals surface area contributed by atoms with Crippen molar-refractivity contribution >= 4 is 11.9 Å². The van der Waals surface area contributed by atoms with Gasteiger partial charge in [0.25, 0.3) is 0 Å². The molecule has 1 rings (SSSR count). The van der Waals surface area contributed by atoms with E-state index in [9.17, 15) is 4.79 Å². The monoisotopic (exact) mass is 300 g/mol. The molecule has 0 bridgehead atoms. The molecule has 1 fully saturated rings. The fourth-order valence-corrected chi connectivity index (χ4v) is 1.80. The van der Waals surface area contributed by atoms with Crippen LogP contribution in [-0.4, -0.2) is 76.4 Å². The summed E-state index contributed by atoms with van der Waals surface area (Å²) >= 11 is 0. The van der Waals surface area contributed by atoms with Crippen LogP contribution in [0, 0.1) is 0 Å². The van der Waals surface area contributed by atoms with Gasteiger partial charge in [0.2, 0.25) is 5.91 Å². The summed E-state index contributed by atoms with van der Waals surface area (Å²) in [4.78, 5) is 17.3. The van der Waals surface area contributed by atoms with Crippen molar-refractivity contribution in [2.24, 2.45) is 4.99 Å². The summed E-state index contributed by atoms with van der Waals surface area (Å²) in [5.74, 6) is 0.647. The molecule has 1 aliphatic rings. The van der Waals surface area contributed by atoms with Crippen molar-refractivity contribution in [1.82, 2.24) is 15.5 Å². The number of ether oxygens (including phenoxy) is 2. The predicted molar refractivity (Wildman–Crippen MR) is 82.5 cm³/mol. The van der Waals surface area contributed by atoms with Gasteiger partial charge in [-0.25, -0.2) is 4.99 Å². The second kappa shape index (κ2) is 10.4. The fraction of sp³-hybridized carbons (Fsp3) is 0.857. The van der Waals surface area contributed by atoms with Crippen LogP contribution in [0.2, 0.25) is 0 Å². The first-order valence-electron chi connectivity index (χ1n) is 7.55. The highest BCUT2D eigenvalue weighted by atomic mass is 16.5. The highest BCUT2D eigenvalue weighted by Gasteiger charge is 2.15. The minimum atomic E-state index is -0.0169. The molecule has 0 saturated carbocycles. The number of guanidine groups is 1. The van der Waals surface area contributed by atoms with E-state index in [0.717, 1.165) is 32.5 Å². The maximum absolute atomic E-state index is 11.5. The van der Waals surface area contributed by atoms with Crippen LogP contribution >= 0.6 is 0 Å². The summed E-state index contributed by atoms with van der Waals surface area (Å²) in [6.07, 6.45) is 2.14. The molecule has 0 aromatic rings. The molecule has 1 amide bonds. The lowest BCUT2D eigenvalue weighted by atomic mass is 10.3. The number of carbonyl (C=O) groups is 1. The number of carbonyl (C=O) groups excluding carboxylic acids is 1. The van der Waals surface area contributed by atoms with Crippen molar-refractivity contribution in [3.8, 4) is 0 Å². The lowest BCUT2D eigenvalue weighted by Gasteiger charge is -2.13. The van der Waals surface area contributed by atoms with Crippen molar-refractivity contribution in [1.29, 1.82) is 0 Å². The highest BCUT2D eigenvalue weighted by Crippen LogP contribution is 2.07. The molecule has 7 heteroatoms. The van der Waals surface area contributed by atoms with Crippen LogP contribution in [-0.2, 0) is 14.3 Å². The molecule has 1 aliphatic heterocycles. The first-order chi connectivity index (χ1) is 10.1. The van der Waals surface area contributed by atoms with Gasteiger partial charge in [-0.2, -0.15) is 0 Å². The van der Waals surface area contributed by atoms with Crippen molar-refractivity contribution in [2.45, 2.75) is 25.9 Å². The number of hydrogen-bond donors (Lipinski definition) is 2. The first kappa shape index (κ1) is 17.7. The zero-order valence-electron chi connectivity index (χ0n) is 13.4. The van der Waals surface area contributed by atoms with Crippen molar-refractivity contribution < 1.29 is 14.3 Å². The minimum absolute atomic E-state index is 0.0169. The van der Waals surface area contributed by atoms with Crippen molar-refractivity contribution in [2.75, 3.05) is 53.6 Å². The molecular formula is C14H28N4O3. The number of nitrogens with zero attached hydrogens (tertiary/aromatic N) is 2. The average Bonchev–Trinajstić information content (AvgIpc) is 2.96. The Morgan fingerprint density at radius 1 is 1.43 bits per heavy atom. The van der Waals surface area contributed by atoms with Crippen LogP contribution in [0.3, 0.4) is 0 Å². The van der Waals surface area contributed by atoms with E-state index in [1.165, 1.54) is 4.90 Å². The first-order valence-corrected chi connectivity index (χ1v) is 7.55. The highest BCUT2D eigenvalue weighted by molar-refractivity contribution is 5.84. The Labute approximate surface area is 127 Å². The molecule has 1 unspecified atom stereocenters. The van der Waals surface area contributed by atoms with Crippen LogP contribution < -0.4 is 10.6 Å². The number of hydrogen-bond acceptors (Lipinski definition) is 4. The standard InChI is InChI=1S/C14H28N4O3/c1-4-15-14(17-10-13(19)18(2)3)16-7-5-8-21-12-6-9-20-11-12/h12H,4-11H2,1-3H3,(H2,15,16,17). The maximum Gasteiger partial charge on any atom is 0.243 e. The molecule has 0 radical (unpaired) electrons. The Kier molecular flexibility index (Phi) is 8.77. The molecule has 0 spiro atoms. The summed E-state index contributed by atoms with van der Waals surface area (Å²) in [5.41, 5.74) is 0. The van der Waals surface area contributed by atoms with Gasteiger partial charge in [0.1, 0.15) is 6.54 Å². The molecule has 1 atom stereocenters. The zero-order valence-corrected chi connectivity index (χ0v) is 13.4. The van der Waals surface area contributed by atoms with Gasteiger partial charge in [-0.15, -0.1) is 0 Å². The lowest BCUT2D eigenvalue weighted by molar-refractivity contribution is -0.127. The Morgan fingerprint density at radius 3 is 2.86 bits per heavy atom. The molecule has 7 nitrogen and oxygen atoms in total. The summed E-state index contributed by atoms with van der Waals surface area (Å²) in [6, 6.07) is 0. The van der Waals surface area contributed by atoms with Gasteiger partial charge < -0.3 is 25.0 Å². The van der Waals surface area contributed by atoms with Gasteiger partial charge in [-0.1, -0.05) is 0 Å². The summed E-state index contributed by atoms with van der Waals surface area (Å²) in [7, 11) is 3.45. The second-order valence-electron chi connectivity index (χ2n) is 5.12. The van der Waals surface area contributed by atoms with Gasteiger partial charge in [0.15, 0.2) is 5.96 Å². The minimum Gasteiger partial charge on any atom is -0.379 e. The van der Waals surface area contributed by atoms with Gasteiger partial charge in [-0.05, 0) is 19.8 Å². The number of amides is 1. The third-order valence-electron chi connectivity index (χ3n) is 3.07. The van der Waals surface area contributed by atoms with E-state index < -0.39 is 0 Å². The number of nitrogens with one attached hydrogen (secondary N) is 2. The van der Waals surface area contributed by atoms with Crippen LogP contribution in [0.15, 0.2) is 4.99 Å². The lowest BCUT2D eigenvalue weighted by Crippen LogP contribution is -2.39. The molecule has 0 aliphatic carbocycles. The Hall–Kier alpha value is -1.34. The van der Waals surface area contributed by atoms with Crippen LogP contribution in [0.1, 0.15) is 19.8 Å². The summed E-state index contributed by atoms with van der Waals surface area (Å²) < 4.78 is 10.9. The average molecular weight is 300 g/mol. The van der Waals surface area contributed by atoms with E-state index in [-0.39, 0.29) is 18.6 Å². The van der Waals surface area contributed by atoms with E-state index in [2.05, 4.69) is 15.6 Å². The molecule has 0 aromatic heterocycles. The second-order valence-corrected chi connectivity index (χ2v) is 5.12. The number of likely N-dealkylation sites (N-methyl/N-ethyl adjacent to an activating group) is 1. The summed E-state index contributed by atoms with van der Waals surface area (Å²) in [6.45, 7) is 5.89. The molecule has 2 N–H and O–H groups in total. The fourth-order valence-electron chi connectivity index (χ4n) is 1.80. The van der Waals surface area contributed by atoms with E-state index in [0.29, 0.717) is 19.2 Å². The molecule has 1 saturated heterocycles. The maximum atomic E-state index is 11.5. The predicted octanol–water partition coefficient (Wildman–Crippen LogP) is -0.175. The Morgan fingerprint density at radius 2 is 2.24 bits per heavy atom. The number of rotatable bonds is 8. The smallest absolute Gasteiger partial charge is 0.243 e. The summed E-state index contributed by atoms with van der Waals surface area (Å²) in [5, 5.41) is 6.31. The van der Waals surface area contributed by atoms with Gasteiger partial charge in [0, 0.05) is 40.4 Å². The van der Waals surface area contributed by atoms with Gasteiger partial charge in [-0.3, -0.25) is 4.79 Å². The van der Waals surface area contributed by atoms with Crippen LogP contribution in [0.25, 0.3) is 0 Å². The van der Waals surface area contributed by atoms with E-state index >= 15 is 0 Å². The SMILES string of the molecule is CCNC(=NCC(=O)N(C)C)NCCCOC1CCOC1.